The summed E-state index contributed by atoms with van der Waals surface area (Å²) in [7, 11) is 0. The van der Waals surface area contributed by atoms with Crippen LogP contribution in [0, 0.1) is 11.3 Å². The lowest BCUT2D eigenvalue weighted by Crippen LogP contribution is -2.25. The van der Waals surface area contributed by atoms with Crippen LogP contribution >= 0.6 is 11.8 Å². The van der Waals surface area contributed by atoms with E-state index in [4.69, 9.17) is 14.7 Å². The van der Waals surface area contributed by atoms with Gasteiger partial charge in [-0.1, -0.05) is 6.07 Å². The maximum absolute atomic E-state index is 11.5. The van der Waals surface area contributed by atoms with Gasteiger partial charge in [0.1, 0.15) is 11.4 Å². The highest BCUT2D eigenvalue weighted by Crippen LogP contribution is 2.14. The quantitative estimate of drug-likeness (QED) is 0.596. The van der Waals surface area contributed by atoms with Crippen LogP contribution < -0.4 is 4.74 Å². The number of nitriles is 1. The molecule has 1 rings (SSSR count). The Bertz CT molecular complexity index is 489. The highest BCUT2D eigenvalue weighted by atomic mass is 32.2. The minimum absolute atomic E-state index is 0.214. The van der Waals surface area contributed by atoms with Crippen LogP contribution in [-0.4, -0.2) is 29.7 Å². The largest absolute Gasteiger partial charge is 0.493 e. The number of nitrogens with zero attached hydrogens (tertiary/aromatic N) is 1. The Morgan fingerprint density at radius 3 is 2.80 bits per heavy atom. The maximum atomic E-state index is 11.5. The van der Waals surface area contributed by atoms with Crippen LogP contribution in [0.25, 0.3) is 0 Å². The number of hydrogen-bond donors (Lipinski definition) is 0. The topological polar surface area (TPSA) is 59.3 Å². The smallest absolute Gasteiger partial charge is 0.316 e. The Labute approximate surface area is 124 Å². The van der Waals surface area contributed by atoms with Crippen molar-refractivity contribution in [1.82, 2.24) is 0 Å². The molecule has 0 atom stereocenters. The molecule has 0 fully saturated rings. The molecule has 4 nitrogen and oxygen atoms in total. The van der Waals surface area contributed by atoms with E-state index in [9.17, 15) is 4.79 Å². The second-order valence-corrected chi connectivity index (χ2v) is 6.23. The van der Waals surface area contributed by atoms with E-state index < -0.39 is 5.60 Å². The van der Waals surface area contributed by atoms with Crippen LogP contribution in [0.15, 0.2) is 24.3 Å². The van der Waals surface area contributed by atoms with E-state index in [-0.39, 0.29) is 5.97 Å². The first kappa shape index (κ1) is 16.4. The summed E-state index contributed by atoms with van der Waals surface area (Å²) in [6.07, 6.45) is 0. The molecule has 0 saturated heterocycles. The number of thioether (sulfide) groups is 1. The van der Waals surface area contributed by atoms with E-state index in [1.165, 1.54) is 11.8 Å². The standard InChI is InChI=1S/C15H19NO3S/c1-15(2,3)19-14(17)11-20-8-7-18-13-6-4-5-12(9-13)10-16/h4-6,9H,7-8,11H2,1-3H3. The Morgan fingerprint density at radius 1 is 1.40 bits per heavy atom. The van der Waals surface area contributed by atoms with E-state index in [2.05, 4.69) is 6.07 Å². The van der Waals surface area contributed by atoms with Gasteiger partial charge in [0.2, 0.25) is 0 Å². The average Bonchev–Trinajstić information content (AvgIpc) is 2.36. The summed E-state index contributed by atoms with van der Waals surface area (Å²) in [6, 6.07) is 9.06. The molecule has 0 saturated carbocycles. The minimum atomic E-state index is -0.439. The van der Waals surface area contributed by atoms with Gasteiger partial charge in [0.25, 0.3) is 0 Å². The van der Waals surface area contributed by atoms with Gasteiger partial charge in [0.15, 0.2) is 0 Å². The number of esters is 1. The SMILES string of the molecule is CC(C)(C)OC(=O)CSCCOc1cccc(C#N)c1. The number of carbonyl (C=O) groups excluding carboxylic acids is 1. The summed E-state index contributed by atoms with van der Waals surface area (Å²) in [4.78, 5) is 11.5. The highest BCUT2D eigenvalue weighted by Gasteiger charge is 2.15. The number of ether oxygens (including phenoxy) is 2. The molecule has 108 valence electrons. The van der Waals surface area contributed by atoms with Crippen molar-refractivity contribution in [1.29, 1.82) is 5.26 Å². The Hall–Kier alpha value is -1.67. The van der Waals surface area contributed by atoms with Gasteiger partial charge in [-0.15, -0.1) is 11.8 Å². The van der Waals surface area contributed by atoms with Crippen LogP contribution in [-0.2, 0) is 9.53 Å². The van der Waals surface area contributed by atoms with Crippen molar-refractivity contribution in [2.24, 2.45) is 0 Å². The van der Waals surface area contributed by atoms with Gasteiger partial charge in [-0.25, -0.2) is 0 Å². The van der Waals surface area contributed by atoms with Crippen LogP contribution in [0.5, 0.6) is 5.75 Å². The Kier molecular flexibility index (Phi) is 6.40. The van der Waals surface area contributed by atoms with Crippen molar-refractivity contribution >= 4 is 17.7 Å². The van der Waals surface area contributed by atoms with Crippen molar-refractivity contribution in [2.75, 3.05) is 18.1 Å². The first-order valence-corrected chi connectivity index (χ1v) is 7.49. The fourth-order valence-electron chi connectivity index (χ4n) is 1.40. The fraction of sp³-hybridized carbons (Fsp3) is 0.467. The first-order valence-electron chi connectivity index (χ1n) is 6.33. The van der Waals surface area contributed by atoms with Crippen molar-refractivity contribution < 1.29 is 14.3 Å². The molecular formula is C15H19NO3S. The van der Waals surface area contributed by atoms with Crippen molar-refractivity contribution in [3.63, 3.8) is 0 Å². The lowest BCUT2D eigenvalue weighted by molar-refractivity contribution is -0.151. The van der Waals surface area contributed by atoms with E-state index in [0.29, 0.717) is 29.4 Å². The second kappa shape index (κ2) is 7.81. The molecule has 0 radical (unpaired) electrons. The molecule has 0 aliphatic rings. The molecule has 5 heteroatoms. The summed E-state index contributed by atoms with van der Waals surface area (Å²) in [5.74, 6) is 1.46. The number of benzene rings is 1. The molecule has 1 aromatic rings. The summed E-state index contributed by atoms with van der Waals surface area (Å²) < 4.78 is 10.7. The molecule has 0 heterocycles. The lowest BCUT2D eigenvalue weighted by atomic mass is 10.2. The summed E-state index contributed by atoms with van der Waals surface area (Å²) in [5.41, 5.74) is 0.134. The number of carbonyl (C=O) groups is 1. The van der Waals surface area contributed by atoms with Gasteiger partial charge in [-0.2, -0.15) is 5.26 Å². The zero-order valence-electron chi connectivity index (χ0n) is 12.0. The zero-order valence-corrected chi connectivity index (χ0v) is 12.8. The van der Waals surface area contributed by atoms with Gasteiger partial charge in [0.05, 0.1) is 24.0 Å². The molecule has 0 bridgehead atoms. The van der Waals surface area contributed by atoms with Gasteiger partial charge in [0, 0.05) is 5.75 Å². The van der Waals surface area contributed by atoms with Crippen molar-refractivity contribution in [3.05, 3.63) is 29.8 Å². The van der Waals surface area contributed by atoms with Gasteiger partial charge < -0.3 is 9.47 Å². The third kappa shape index (κ3) is 7.05. The maximum Gasteiger partial charge on any atom is 0.316 e. The Balaban J connectivity index is 2.19. The minimum Gasteiger partial charge on any atom is -0.493 e. The third-order valence-electron chi connectivity index (χ3n) is 2.10. The van der Waals surface area contributed by atoms with Gasteiger partial charge in [-0.3, -0.25) is 4.79 Å². The van der Waals surface area contributed by atoms with Crippen LogP contribution in [0.1, 0.15) is 26.3 Å². The molecule has 0 N–H and O–H groups in total. The monoisotopic (exact) mass is 293 g/mol. The first-order chi connectivity index (χ1) is 9.40. The summed E-state index contributed by atoms with van der Waals surface area (Å²) in [5, 5.41) is 8.76. The van der Waals surface area contributed by atoms with E-state index in [1.54, 1.807) is 24.3 Å². The van der Waals surface area contributed by atoms with Crippen molar-refractivity contribution in [2.45, 2.75) is 26.4 Å². The van der Waals surface area contributed by atoms with Crippen LogP contribution in [0.4, 0.5) is 0 Å². The predicted octanol–water partition coefficient (Wildman–Crippen LogP) is 3.01. The highest BCUT2D eigenvalue weighted by molar-refractivity contribution is 7.99. The molecule has 0 aliphatic heterocycles. The second-order valence-electron chi connectivity index (χ2n) is 5.13. The van der Waals surface area contributed by atoms with Crippen molar-refractivity contribution in [3.8, 4) is 11.8 Å². The molecular weight excluding hydrogens is 274 g/mol. The summed E-state index contributed by atoms with van der Waals surface area (Å²) in [6.45, 7) is 6.03. The zero-order chi connectivity index (χ0) is 15.0. The molecule has 0 unspecified atom stereocenters. The molecule has 0 spiro atoms. The van der Waals surface area contributed by atoms with Crippen LogP contribution in [0.2, 0.25) is 0 Å². The molecule has 0 amide bonds. The molecule has 1 aromatic carbocycles. The van der Waals surface area contributed by atoms with Gasteiger partial charge >= 0.3 is 5.97 Å². The Morgan fingerprint density at radius 2 is 2.15 bits per heavy atom. The predicted molar refractivity (Wildman–Crippen MR) is 79.8 cm³/mol. The normalized spacial score (nSPS) is 10.7. The van der Waals surface area contributed by atoms with E-state index in [0.717, 1.165) is 0 Å². The van der Waals surface area contributed by atoms with E-state index >= 15 is 0 Å². The van der Waals surface area contributed by atoms with Crippen LogP contribution in [0.3, 0.4) is 0 Å². The van der Waals surface area contributed by atoms with E-state index in [1.807, 2.05) is 20.8 Å². The fourth-order valence-corrected chi connectivity index (χ4v) is 1.97. The number of hydrogen-bond acceptors (Lipinski definition) is 5. The molecule has 20 heavy (non-hydrogen) atoms. The lowest BCUT2D eigenvalue weighted by Gasteiger charge is -2.19. The van der Waals surface area contributed by atoms with Gasteiger partial charge in [-0.05, 0) is 39.0 Å². The third-order valence-corrected chi connectivity index (χ3v) is 2.99. The molecule has 0 aromatic heterocycles. The summed E-state index contributed by atoms with van der Waals surface area (Å²) >= 11 is 1.47. The number of rotatable bonds is 6. The molecule has 0 aliphatic carbocycles. The average molecular weight is 293 g/mol.